The number of halogens is 1. The fourth-order valence-electron chi connectivity index (χ4n) is 0.888. The van der Waals surface area contributed by atoms with Gasteiger partial charge >= 0.3 is 0 Å². The molecule has 1 atom stereocenters. The first-order valence-electron chi connectivity index (χ1n) is 4.29. The van der Waals surface area contributed by atoms with Crippen molar-refractivity contribution in [3.05, 3.63) is 0 Å². The van der Waals surface area contributed by atoms with E-state index in [0.29, 0.717) is 25.8 Å². The molecular weight excluding hydrogens is 159 g/mol. The zero-order chi connectivity index (χ0) is 9.40. The Morgan fingerprint density at radius 1 is 1.67 bits per heavy atom. The second-order valence-electron chi connectivity index (χ2n) is 2.76. The van der Waals surface area contributed by atoms with Crippen LogP contribution < -0.4 is 11.1 Å². The Bertz CT molecular complexity index is 130. The molecule has 3 nitrogen and oxygen atoms in total. The van der Waals surface area contributed by atoms with Crippen LogP contribution in [0, 0.1) is 0 Å². The first kappa shape index (κ1) is 11.4. The van der Waals surface area contributed by atoms with Crippen molar-refractivity contribution in [3.8, 4) is 0 Å². The Balaban J connectivity index is 3.24. The zero-order valence-corrected chi connectivity index (χ0v) is 7.48. The monoisotopic (exact) mass is 176 g/mol. The van der Waals surface area contributed by atoms with Crippen LogP contribution in [0.15, 0.2) is 0 Å². The summed E-state index contributed by atoms with van der Waals surface area (Å²) < 4.78 is 11.8. The Morgan fingerprint density at radius 2 is 2.33 bits per heavy atom. The maximum atomic E-state index is 11.8. The number of hydrogen-bond donors (Lipinski definition) is 2. The van der Waals surface area contributed by atoms with Gasteiger partial charge in [-0.3, -0.25) is 4.79 Å². The normalized spacial score (nSPS) is 12.6. The van der Waals surface area contributed by atoms with Gasteiger partial charge in [0.05, 0.1) is 0 Å². The lowest BCUT2D eigenvalue weighted by molar-refractivity contribution is -0.121. The van der Waals surface area contributed by atoms with Crippen LogP contribution in [0.3, 0.4) is 0 Å². The van der Waals surface area contributed by atoms with Gasteiger partial charge in [-0.05, 0) is 19.8 Å². The standard InChI is InChI=1S/C8H17FN2O/c1-2-11-8(12)5-3-4-7(10)6-9/h7H,2-6,10H2,1H3,(H,11,12). The van der Waals surface area contributed by atoms with Crippen molar-refractivity contribution < 1.29 is 9.18 Å². The Morgan fingerprint density at radius 3 is 2.83 bits per heavy atom. The minimum atomic E-state index is -0.505. The highest BCUT2D eigenvalue weighted by Crippen LogP contribution is 1.99. The van der Waals surface area contributed by atoms with Gasteiger partial charge in [-0.1, -0.05) is 0 Å². The molecule has 0 bridgehead atoms. The third-order valence-electron chi connectivity index (χ3n) is 1.55. The SMILES string of the molecule is CCNC(=O)CCCC(N)CF. The van der Waals surface area contributed by atoms with Crippen LogP contribution in [0.25, 0.3) is 0 Å². The van der Waals surface area contributed by atoms with Crippen molar-refractivity contribution in [2.75, 3.05) is 13.2 Å². The number of amides is 1. The van der Waals surface area contributed by atoms with E-state index >= 15 is 0 Å². The van der Waals surface area contributed by atoms with Crippen molar-refractivity contribution in [2.45, 2.75) is 32.2 Å². The molecule has 0 aliphatic rings. The van der Waals surface area contributed by atoms with E-state index in [2.05, 4.69) is 5.32 Å². The molecule has 0 aliphatic heterocycles. The predicted octanol–water partition coefficient (Wildman–Crippen LogP) is 0.590. The van der Waals surface area contributed by atoms with Crippen LogP contribution >= 0.6 is 0 Å². The Labute approximate surface area is 72.5 Å². The van der Waals surface area contributed by atoms with Gasteiger partial charge in [0.15, 0.2) is 0 Å². The Kier molecular flexibility index (Phi) is 6.66. The summed E-state index contributed by atoms with van der Waals surface area (Å²) in [5, 5.41) is 2.66. The molecule has 72 valence electrons. The molecular formula is C8H17FN2O. The Hall–Kier alpha value is -0.640. The van der Waals surface area contributed by atoms with Gasteiger partial charge < -0.3 is 11.1 Å². The summed E-state index contributed by atoms with van der Waals surface area (Å²) in [6.07, 6.45) is 1.69. The average molecular weight is 176 g/mol. The van der Waals surface area contributed by atoms with Crippen LogP contribution in [-0.4, -0.2) is 25.2 Å². The minimum absolute atomic E-state index is 0.0172. The molecule has 1 unspecified atom stereocenters. The number of nitrogens with two attached hydrogens (primary N) is 1. The summed E-state index contributed by atoms with van der Waals surface area (Å²) in [5.41, 5.74) is 5.33. The smallest absolute Gasteiger partial charge is 0.219 e. The van der Waals surface area contributed by atoms with Crippen molar-refractivity contribution >= 4 is 5.91 Å². The molecule has 0 aromatic heterocycles. The highest BCUT2D eigenvalue weighted by atomic mass is 19.1. The maximum absolute atomic E-state index is 11.8. The highest BCUT2D eigenvalue weighted by molar-refractivity contribution is 5.75. The van der Waals surface area contributed by atoms with Crippen molar-refractivity contribution in [2.24, 2.45) is 5.73 Å². The van der Waals surface area contributed by atoms with Gasteiger partial charge in [-0.2, -0.15) is 0 Å². The van der Waals surface area contributed by atoms with Gasteiger partial charge in [0.2, 0.25) is 5.91 Å². The van der Waals surface area contributed by atoms with Crippen LogP contribution in [0.5, 0.6) is 0 Å². The second kappa shape index (κ2) is 7.03. The summed E-state index contributed by atoms with van der Waals surface area (Å²) in [7, 11) is 0. The van der Waals surface area contributed by atoms with Gasteiger partial charge in [0, 0.05) is 19.0 Å². The van der Waals surface area contributed by atoms with Crippen molar-refractivity contribution in [3.63, 3.8) is 0 Å². The summed E-state index contributed by atoms with van der Waals surface area (Å²) in [4.78, 5) is 10.9. The molecule has 0 aliphatic carbocycles. The minimum Gasteiger partial charge on any atom is -0.356 e. The van der Waals surface area contributed by atoms with E-state index in [0.717, 1.165) is 0 Å². The molecule has 0 saturated heterocycles. The van der Waals surface area contributed by atoms with Gasteiger partial charge in [0.25, 0.3) is 0 Å². The number of rotatable bonds is 6. The summed E-state index contributed by atoms with van der Waals surface area (Å²) >= 11 is 0. The van der Waals surface area contributed by atoms with Crippen molar-refractivity contribution in [1.29, 1.82) is 0 Å². The van der Waals surface area contributed by atoms with E-state index in [9.17, 15) is 9.18 Å². The predicted molar refractivity (Wildman–Crippen MR) is 46.5 cm³/mol. The average Bonchev–Trinajstić information content (AvgIpc) is 2.04. The number of alkyl halides is 1. The van der Waals surface area contributed by atoms with Crippen LogP contribution in [0.1, 0.15) is 26.2 Å². The molecule has 0 rings (SSSR count). The van der Waals surface area contributed by atoms with E-state index in [4.69, 9.17) is 5.73 Å². The van der Waals surface area contributed by atoms with Crippen molar-refractivity contribution in [1.82, 2.24) is 5.32 Å². The third-order valence-corrected chi connectivity index (χ3v) is 1.55. The van der Waals surface area contributed by atoms with E-state index in [-0.39, 0.29) is 5.91 Å². The van der Waals surface area contributed by atoms with Gasteiger partial charge in [0.1, 0.15) is 6.67 Å². The maximum Gasteiger partial charge on any atom is 0.219 e. The van der Waals surface area contributed by atoms with E-state index < -0.39 is 12.7 Å². The second-order valence-corrected chi connectivity index (χ2v) is 2.76. The zero-order valence-electron chi connectivity index (χ0n) is 7.48. The van der Waals surface area contributed by atoms with Gasteiger partial charge in [-0.25, -0.2) is 4.39 Å². The number of nitrogens with one attached hydrogen (secondary N) is 1. The number of carbonyl (C=O) groups excluding carboxylic acids is 1. The summed E-state index contributed by atoms with van der Waals surface area (Å²) in [5.74, 6) is 0.0172. The van der Waals surface area contributed by atoms with Crippen LogP contribution in [0.4, 0.5) is 4.39 Å². The first-order valence-corrected chi connectivity index (χ1v) is 4.29. The lowest BCUT2D eigenvalue weighted by Gasteiger charge is -2.05. The molecule has 0 aromatic rings. The number of hydrogen-bond acceptors (Lipinski definition) is 2. The molecule has 0 fully saturated rings. The lowest BCUT2D eigenvalue weighted by atomic mass is 10.1. The largest absolute Gasteiger partial charge is 0.356 e. The molecule has 3 N–H and O–H groups in total. The van der Waals surface area contributed by atoms with Crippen LogP contribution in [-0.2, 0) is 4.79 Å². The number of carbonyl (C=O) groups is 1. The molecule has 0 saturated carbocycles. The third kappa shape index (κ3) is 6.09. The molecule has 0 radical (unpaired) electrons. The van der Waals surface area contributed by atoms with E-state index in [1.165, 1.54) is 0 Å². The first-order chi connectivity index (χ1) is 5.70. The molecule has 0 spiro atoms. The molecule has 1 amide bonds. The highest BCUT2D eigenvalue weighted by Gasteiger charge is 2.03. The summed E-state index contributed by atoms with van der Waals surface area (Å²) in [6.45, 7) is 2.01. The lowest BCUT2D eigenvalue weighted by Crippen LogP contribution is -2.25. The van der Waals surface area contributed by atoms with Crippen LogP contribution in [0.2, 0.25) is 0 Å². The topological polar surface area (TPSA) is 55.1 Å². The quantitative estimate of drug-likeness (QED) is 0.622. The molecule has 4 heteroatoms. The fourth-order valence-corrected chi connectivity index (χ4v) is 0.888. The molecule has 12 heavy (non-hydrogen) atoms. The summed E-state index contributed by atoms with van der Waals surface area (Å²) in [6, 6.07) is -0.403. The van der Waals surface area contributed by atoms with E-state index in [1.54, 1.807) is 0 Å². The molecule has 0 heterocycles. The van der Waals surface area contributed by atoms with Gasteiger partial charge in [-0.15, -0.1) is 0 Å². The molecule has 0 aromatic carbocycles. The fraction of sp³-hybridized carbons (Fsp3) is 0.875. The van der Waals surface area contributed by atoms with E-state index in [1.807, 2.05) is 6.92 Å².